The highest BCUT2D eigenvalue weighted by molar-refractivity contribution is 7.88. The van der Waals surface area contributed by atoms with Crippen LogP contribution in [0.1, 0.15) is 63.2 Å². The number of nitrogens with zero attached hydrogens (tertiary/aromatic N) is 1. The van der Waals surface area contributed by atoms with E-state index < -0.39 is 29.7 Å². The second-order valence-electron chi connectivity index (χ2n) is 13.5. The summed E-state index contributed by atoms with van der Waals surface area (Å²) in [5, 5.41) is 0.604. The van der Waals surface area contributed by atoms with Crippen molar-refractivity contribution >= 4 is 51.9 Å². The standard InChI is InChI=1S/C36H40F3NO6S2Si/c1-35(2,3)49(4,5)46-25-13-11-24(12-14-25)34-33(29-18-16-27(23-32(29)47-34)45-48(42,43)36(37,38)39)30-22-26-15-17-28(30)31(41)10-8-6-7-9-19-40-20-21-44-26/h11-18,20,22-23H,6-10,19,21H2,1-5H3. The molecule has 3 heterocycles. The SMILES string of the molecule is CC(C)(C)[Si](C)(C)Oc1ccc(-c2sc3cc(OS(=O)(=O)C(F)(F)F)ccc3c2-c2cc3ccc2C(=O)CCCCCCN=CCO3)cc1. The number of hydrogen-bond donors (Lipinski definition) is 0. The molecule has 0 atom stereocenters. The Morgan fingerprint density at radius 1 is 0.878 bits per heavy atom. The highest BCUT2D eigenvalue weighted by atomic mass is 32.2. The minimum Gasteiger partial charge on any atom is -0.544 e. The predicted octanol–water partition coefficient (Wildman–Crippen LogP) is 10.4. The number of alkyl halides is 3. The molecule has 0 radical (unpaired) electrons. The molecular weight excluding hydrogens is 692 g/mol. The summed E-state index contributed by atoms with van der Waals surface area (Å²) < 4.78 is 80.6. The summed E-state index contributed by atoms with van der Waals surface area (Å²) >= 11 is 1.26. The fraction of sp³-hybridized carbons (Fsp3) is 0.389. The van der Waals surface area contributed by atoms with Gasteiger partial charge in [0.15, 0.2) is 5.78 Å². The maximum atomic E-state index is 13.8. The zero-order valence-corrected chi connectivity index (χ0v) is 30.8. The smallest absolute Gasteiger partial charge is 0.534 e. The molecule has 0 saturated carbocycles. The molecule has 2 aliphatic heterocycles. The van der Waals surface area contributed by atoms with Crippen molar-refractivity contribution in [1.82, 2.24) is 0 Å². The summed E-state index contributed by atoms with van der Waals surface area (Å²) in [6.07, 6.45) is 5.58. The van der Waals surface area contributed by atoms with Gasteiger partial charge in [0.05, 0.1) is 0 Å². The van der Waals surface area contributed by atoms with Crippen LogP contribution in [0.2, 0.25) is 18.1 Å². The molecule has 0 N–H and O–H groups in total. The predicted molar refractivity (Wildman–Crippen MR) is 192 cm³/mol. The van der Waals surface area contributed by atoms with Gasteiger partial charge < -0.3 is 13.3 Å². The van der Waals surface area contributed by atoms with Crippen molar-refractivity contribution in [2.45, 2.75) is 76.5 Å². The van der Waals surface area contributed by atoms with E-state index in [9.17, 15) is 26.4 Å². The molecule has 1 aromatic heterocycles. The summed E-state index contributed by atoms with van der Waals surface area (Å²) in [7, 11) is -8.00. The second kappa shape index (κ2) is 14.3. The molecule has 3 aromatic carbocycles. The van der Waals surface area contributed by atoms with E-state index in [2.05, 4.69) is 43.0 Å². The molecule has 0 saturated heterocycles. The number of fused-ring (bicyclic) bond motifs is 12. The van der Waals surface area contributed by atoms with Crippen LogP contribution in [0.5, 0.6) is 17.2 Å². The van der Waals surface area contributed by atoms with Crippen molar-refractivity contribution in [1.29, 1.82) is 0 Å². The van der Waals surface area contributed by atoms with Gasteiger partial charge in [0, 0.05) is 45.3 Å². The monoisotopic (exact) mass is 731 g/mol. The third kappa shape index (κ3) is 8.38. The lowest BCUT2D eigenvalue weighted by molar-refractivity contribution is -0.0500. The fourth-order valence-corrected chi connectivity index (χ4v) is 7.95. The zero-order valence-electron chi connectivity index (χ0n) is 28.1. The van der Waals surface area contributed by atoms with Gasteiger partial charge >= 0.3 is 15.6 Å². The molecule has 0 spiro atoms. The number of halogens is 3. The van der Waals surface area contributed by atoms with Crippen molar-refractivity contribution in [3.8, 4) is 38.8 Å². The first-order valence-corrected chi connectivity index (χ1v) is 21.3. The van der Waals surface area contributed by atoms with E-state index in [0.29, 0.717) is 45.5 Å². The van der Waals surface area contributed by atoms with Crippen LogP contribution in [0, 0.1) is 0 Å². The summed E-state index contributed by atoms with van der Waals surface area (Å²) in [5.41, 5.74) is -3.02. The lowest BCUT2D eigenvalue weighted by atomic mass is 9.91. The number of ether oxygens (including phenoxy) is 1. The number of hydrogen-bond acceptors (Lipinski definition) is 8. The zero-order chi connectivity index (χ0) is 35.6. The molecule has 4 aromatic rings. The van der Waals surface area contributed by atoms with Crippen LogP contribution in [0.15, 0.2) is 65.7 Å². The van der Waals surface area contributed by atoms with Gasteiger partial charge in [0.2, 0.25) is 8.32 Å². The molecule has 262 valence electrons. The highest BCUT2D eigenvalue weighted by Gasteiger charge is 2.48. The first-order chi connectivity index (χ1) is 23.0. The second-order valence-corrected chi connectivity index (χ2v) is 20.8. The lowest BCUT2D eigenvalue weighted by Crippen LogP contribution is -2.43. The number of Topliss-reactive ketones (excluding diaryl/α,β-unsaturated/α-hetero) is 1. The van der Waals surface area contributed by atoms with E-state index in [-0.39, 0.29) is 17.4 Å². The van der Waals surface area contributed by atoms with Crippen LogP contribution in [0.4, 0.5) is 13.2 Å². The van der Waals surface area contributed by atoms with E-state index >= 15 is 0 Å². The van der Waals surface area contributed by atoms with E-state index in [1.165, 1.54) is 29.5 Å². The molecule has 0 fully saturated rings. The fourth-order valence-electron chi connectivity index (χ4n) is 5.21. The molecule has 0 aliphatic carbocycles. The quantitative estimate of drug-likeness (QED) is 0.111. The van der Waals surface area contributed by atoms with Gasteiger partial charge in [-0.2, -0.15) is 21.6 Å². The van der Waals surface area contributed by atoms with Crippen LogP contribution >= 0.6 is 11.3 Å². The van der Waals surface area contributed by atoms with Gasteiger partial charge in [-0.25, -0.2) is 0 Å². The van der Waals surface area contributed by atoms with E-state index in [1.807, 2.05) is 24.3 Å². The number of aliphatic imine (C=N–C) groups is 1. The van der Waals surface area contributed by atoms with Crippen LogP contribution < -0.4 is 13.3 Å². The topological polar surface area (TPSA) is 91.3 Å². The van der Waals surface area contributed by atoms with E-state index in [0.717, 1.165) is 41.9 Å². The number of ketones is 1. The average molecular weight is 732 g/mol. The van der Waals surface area contributed by atoms with E-state index in [1.54, 1.807) is 24.4 Å². The first-order valence-electron chi connectivity index (χ1n) is 16.1. The maximum Gasteiger partial charge on any atom is 0.534 e. The largest absolute Gasteiger partial charge is 0.544 e. The Hall–Kier alpha value is -3.68. The molecule has 2 aliphatic rings. The van der Waals surface area contributed by atoms with Crippen molar-refractivity contribution in [2.24, 2.45) is 4.99 Å². The van der Waals surface area contributed by atoms with Crippen LogP contribution in [-0.4, -0.2) is 47.4 Å². The number of thiophene rings is 1. The summed E-state index contributed by atoms with van der Waals surface area (Å²) in [6.45, 7) is 11.7. The van der Waals surface area contributed by atoms with Crippen molar-refractivity contribution in [3.63, 3.8) is 0 Å². The lowest BCUT2D eigenvalue weighted by Gasteiger charge is -2.36. The third-order valence-electron chi connectivity index (χ3n) is 8.90. The third-order valence-corrected chi connectivity index (χ3v) is 15.4. The number of rotatable bonds is 6. The average Bonchev–Trinajstić information content (AvgIpc) is 3.38. The summed E-state index contributed by atoms with van der Waals surface area (Å²) in [4.78, 5) is 18.9. The molecular formula is C36H40F3NO6S2Si. The van der Waals surface area contributed by atoms with Gasteiger partial charge in [0.25, 0.3) is 0 Å². The van der Waals surface area contributed by atoms with Crippen LogP contribution in [0.25, 0.3) is 31.7 Å². The maximum absolute atomic E-state index is 13.8. The van der Waals surface area contributed by atoms with Crippen molar-refractivity contribution < 1.29 is 39.7 Å². The Morgan fingerprint density at radius 3 is 2.27 bits per heavy atom. The van der Waals surface area contributed by atoms with Crippen LogP contribution in [-0.2, 0) is 10.1 Å². The Kier molecular flexibility index (Phi) is 10.7. The van der Waals surface area contributed by atoms with Gasteiger partial charge in [-0.15, -0.1) is 11.3 Å². The summed E-state index contributed by atoms with van der Waals surface area (Å²) in [5.74, 6) is 0.733. The first kappa shape index (κ1) is 36.6. The van der Waals surface area contributed by atoms with Gasteiger partial charge in [-0.1, -0.05) is 33.6 Å². The van der Waals surface area contributed by atoms with Crippen molar-refractivity contribution in [3.05, 3.63) is 66.2 Å². The van der Waals surface area contributed by atoms with Gasteiger partial charge in [0.1, 0.15) is 23.9 Å². The Balaban J connectivity index is 1.68. The minimum absolute atomic E-state index is 0.0106. The minimum atomic E-state index is -5.88. The normalized spacial score (nSPS) is 15.5. The molecule has 6 rings (SSSR count). The molecule has 0 unspecified atom stereocenters. The van der Waals surface area contributed by atoms with Crippen molar-refractivity contribution in [2.75, 3.05) is 13.2 Å². The van der Waals surface area contributed by atoms with E-state index in [4.69, 9.17) is 9.16 Å². The molecule has 0 amide bonds. The highest BCUT2D eigenvalue weighted by Crippen LogP contribution is 2.48. The number of benzene rings is 3. The molecule has 2 bridgehead atoms. The molecule has 49 heavy (non-hydrogen) atoms. The number of carbonyl (C=O) groups excluding carboxylic acids is 1. The molecule has 13 heteroatoms. The Morgan fingerprint density at radius 2 is 1.57 bits per heavy atom. The van der Waals surface area contributed by atoms with Gasteiger partial charge in [-0.3, -0.25) is 9.79 Å². The molecule has 7 nitrogen and oxygen atoms in total. The van der Waals surface area contributed by atoms with Gasteiger partial charge in [-0.05, 0) is 103 Å². The summed E-state index contributed by atoms with van der Waals surface area (Å²) in [6, 6.07) is 16.9. The number of carbonyl (C=O) groups is 1. The van der Waals surface area contributed by atoms with Crippen LogP contribution in [0.3, 0.4) is 0 Å². The Bertz CT molecular complexity index is 1960. The Labute approximate surface area is 290 Å².